The molecular formula is C16H15FN2O. The number of ether oxygens (including phenoxy) is 1. The third-order valence-electron chi connectivity index (χ3n) is 2.71. The van der Waals surface area contributed by atoms with Crippen molar-refractivity contribution in [1.82, 2.24) is 0 Å². The maximum Gasteiger partial charge on any atom is 0.143 e. The normalized spacial score (nSPS) is 9.85. The predicted octanol–water partition coefficient (Wildman–Crippen LogP) is 4.23. The highest BCUT2D eigenvalue weighted by atomic mass is 19.1. The minimum absolute atomic E-state index is 0.0406. The van der Waals surface area contributed by atoms with Crippen LogP contribution in [0.4, 0.5) is 15.8 Å². The largest absolute Gasteiger partial charge is 0.494 e. The number of anilines is 2. The molecule has 0 aliphatic heterocycles. The first-order chi connectivity index (χ1) is 9.72. The number of hydrogen-bond donors (Lipinski definition) is 1. The van der Waals surface area contributed by atoms with E-state index in [9.17, 15) is 4.39 Å². The number of nitrogens with zero attached hydrogens (tertiary/aromatic N) is 1. The van der Waals surface area contributed by atoms with Gasteiger partial charge in [0, 0.05) is 11.4 Å². The zero-order valence-corrected chi connectivity index (χ0v) is 11.2. The standard InChI is InChI=1S/C16H15FN2O/c1-2-9-20-15-7-5-13(6-8-15)19-14-4-3-12(11-18)16(17)10-14/h3-8,10,19H,2,9H2,1H3. The van der Waals surface area contributed by atoms with Gasteiger partial charge in [-0.3, -0.25) is 0 Å². The van der Waals surface area contributed by atoms with Crippen LogP contribution in [0.1, 0.15) is 18.9 Å². The van der Waals surface area contributed by atoms with Gasteiger partial charge in [-0.2, -0.15) is 5.26 Å². The molecule has 0 bridgehead atoms. The van der Waals surface area contributed by atoms with Gasteiger partial charge in [0.2, 0.25) is 0 Å². The first kappa shape index (κ1) is 13.9. The Morgan fingerprint density at radius 2 is 1.85 bits per heavy atom. The number of halogens is 1. The summed E-state index contributed by atoms with van der Waals surface area (Å²) in [5, 5.41) is 11.8. The molecule has 102 valence electrons. The number of benzene rings is 2. The molecule has 0 aliphatic carbocycles. The number of rotatable bonds is 5. The van der Waals surface area contributed by atoms with Gasteiger partial charge in [0.05, 0.1) is 12.2 Å². The fraction of sp³-hybridized carbons (Fsp3) is 0.188. The highest BCUT2D eigenvalue weighted by Gasteiger charge is 2.03. The molecule has 0 saturated carbocycles. The van der Waals surface area contributed by atoms with Crippen molar-refractivity contribution in [3.8, 4) is 11.8 Å². The lowest BCUT2D eigenvalue weighted by atomic mass is 10.2. The van der Waals surface area contributed by atoms with Gasteiger partial charge in [0.25, 0.3) is 0 Å². The van der Waals surface area contributed by atoms with Gasteiger partial charge in [-0.05, 0) is 48.9 Å². The van der Waals surface area contributed by atoms with Crippen LogP contribution >= 0.6 is 0 Å². The molecule has 0 spiro atoms. The molecule has 0 atom stereocenters. The number of nitriles is 1. The molecule has 4 heteroatoms. The van der Waals surface area contributed by atoms with Crippen molar-refractivity contribution >= 4 is 11.4 Å². The summed E-state index contributed by atoms with van der Waals surface area (Å²) < 4.78 is 19.0. The van der Waals surface area contributed by atoms with Gasteiger partial charge >= 0.3 is 0 Å². The molecule has 2 rings (SSSR count). The summed E-state index contributed by atoms with van der Waals surface area (Å²) in [5.41, 5.74) is 1.47. The average molecular weight is 270 g/mol. The highest BCUT2D eigenvalue weighted by Crippen LogP contribution is 2.21. The molecule has 2 aromatic carbocycles. The first-order valence-electron chi connectivity index (χ1n) is 6.42. The van der Waals surface area contributed by atoms with Crippen LogP contribution in [-0.2, 0) is 0 Å². The Labute approximate surface area is 117 Å². The lowest BCUT2D eigenvalue weighted by Gasteiger charge is -2.09. The van der Waals surface area contributed by atoms with Gasteiger partial charge in [-0.25, -0.2) is 4.39 Å². The van der Waals surface area contributed by atoms with E-state index < -0.39 is 5.82 Å². The summed E-state index contributed by atoms with van der Waals surface area (Å²) in [6.07, 6.45) is 0.963. The SMILES string of the molecule is CCCOc1ccc(Nc2ccc(C#N)c(F)c2)cc1. The maximum atomic E-state index is 13.5. The zero-order chi connectivity index (χ0) is 14.4. The summed E-state index contributed by atoms with van der Waals surface area (Å²) >= 11 is 0. The second kappa shape index (κ2) is 6.58. The molecule has 0 saturated heterocycles. The van der Waals surface area contributed by atoms with E-state index in [1.165, 1.54) is 12.1 Å². The van der Waals surface area contributed by atoms with E-state index in [1.807, 2.05) is 24.3 Å². The Balaban J connectivity index is 2.06. The van der Waals surface area contributed by atoms with Gasteiger partial charge in [0.15, 0.2) is 0 Å². The second-order valence-corrected chi connectivity index (χ2v) is 4.30. The monoisotopic (exact) mass is 270 g/mol. The Bertz CT molecular complexity index is 617. The Morgan fingerprint density at radius 3 is 2.45 bits per heavy atom. The molecule has 3 nitrogen and oxygen atoms in total. The third-order valence-corrected chi connectivity index (χ3v) is 2.71. The molecule has 0 radical (unpaired) electrons. The van der Waals surface area contributed by atoms with E-state index in [4.69, 9.17) is 10.00 Å². The average Bonchev–Trinajstić information content (AvgIpc) is 2.47. The predicted molar refractivity (Wildman–Crippen MR) is 76.6 cm³/mol. The molecule has 20 heavy (non-hydrogen) atoms. The molecule has 1 N–H and O–H groups in total. The van der Waals surface area contributed by atoms with Gasteiger partial charge < -0.3 is 10.1 Å². The summed E-state index contributed by atoms with van der Waals surface area (Å²) in [7, 11) is 0. The van der Waals surface area contributed by atoms with Crippen LogP contribution in [0, 0.1) is 17.1 Å². The first-order valence-corrected chi connectivity index (χ1v) is 6.42. The summed E-state index contributed by atoms with van der Waals surface area (Å²) in [6.45, 7) is 2.74. The van der Waals surface area contributed by atoms with Crippen molar-refractivity contribution in [3.63, 3.8) is 0 Å². The smallest absolute Gasteiger partial charge is 0.143 e. The van der Waals surface area contributed by atoms with E-state index >= 15 is 0 Å². The molecule has 0 amide bonds. The van der Waals surface area contributed by atoms with Crippen LogP contribution in [0.5, 0.6) is 5.75 Å². The fourth-order valence-electron chi connectivity index (χ4n) is 1.70. The van der Waals surface area contributed by atoms with Crippen LogP contribution in [0.2, 0.25) is 0 Å². The summed E-state index contributed by atoms with van der Waals surface area (Å²) in [5.74, 6) is 0.281. The Morgan fingerprint density at radius 1 is 1.15 bits per heavy atom. The van der Waals surface area contributed by atoms with Crippen LogP contribution in [-0.4, -0.2) is 6.61 Å². The van der Waals surface area contributed by atoms with Gasteiger partial charge in [-0.1, -0.05) is 6.92 Å². The van der Waals surface area contributed by atoms with E-state index in [0.717, 1.165) is 17.9 Å². The minimum atomic E-state index is -0.527. The Hall–Kier alpha value is -2.54. The third kappa shape index (κ3) is 3.48. The van der Waals surface area contributed by atoms with E-state index in [1.54, 1.807) is 12.1 Å². The van der Waals surface area contributed by atoms with Crippen LogP contribution < -0.4 is 10.1 Å². The molecule has 0 aliphatic rings. The van der Waals surface area contributed by atoms with Crippen molar-refractivity contribution in [2.75, 3.05) is 11.9 Å². The zero-order valence-electron chi connectivity index (χ0n) is 11.2. The molecule has 0 unspecified atom stereocenters. The lowest BCUT2D eigenvalue weighted by Crippen LogP contribution is -1.96. The number of nitrogens with one attached hydrogen (secondary N) is 1. The van der Waals surface area contributed by atoms with Crippen molar-refractivity contribution in [1.29, 1.82) is 5.26 Å². The fourth-order valence-corrected chi connectivity index (χ4v) is 1.70. The van der Waals surface area contributed by atoms with E-state index in [2.05, 4.69) is 12.2 Å². The van der Waals surface area contributed by atoms with Crippen LogP contribution in [0.3, 0.4) is 0 Å². The van der Waals surface area contributed by atoms with Crippen molar-refractivity contribution in [2.45, 2.75) is 13.3 Å². The lowest BCUT2D eigenvalue weighted by molar-refractivity contribution is 0.317. The van der Waals surface area contributed by atoms with Crippen molar-refractivity contribution in [3.05, 3.63) is 53.8 Å². The second-order valence-electron chi connectivity index (χ2n) is 4.30. The van der Waals surface area contributed by atoms with Crippen LogP contribution in [0.15, 0.2) is 42.5 Å². The number of hydrogen-bond acceptors (Lipinski definition) is 3. The van der Waals surface area contributed by atoms with Gasteiger partial charge in [-0.15, -0.1) is 0 Å². The molecule has 0 aromatic heterocycles. The Kier molecular flexibility index (Phi) is 4.56. The minimum Gasteiger partial charge on any atom is -0.494 e. The van der Waals surface area contributed by atoms with Crippen molar-refractivity contribution < 1.29 is 9.13 Å². The molecular weight excluding hydrogens is 255 g/mol. The van der Waals surface area contributed by atoms with Crippen LogP contribution in [0.25, 0.3) is 0 Å². The highest BCUT2D eigenvalue weighted by molar-refractivity contribution is 5.61. The summed E-state index contributed by atoms with van der Waals surface area (Å²) in [4.78, 5) is 0. The maximum absolute atomic E-state index is 13.5. The molecule has 0 heterocycles. The molecule has 0 fully saturated rings. The van der Waals surface area contributed by atoms with E-state index in [-0.39, 0.29) is 5.56 Å². The van der Waals surface area contributed by atoms with Crippen molar-refractivity contribution in [2.24, 2.45) is 0 Å². The quantitative estimate of drug-likeness (QED) is 0.884. The van der Waals surface area contributed by atoms with Gasteiger partial charge in [0.1, 0.15) is 17.6 Å². The van der Waals surface area contributed by atoms with E-state index in [0.29, 0.717) is 12.3 Å². The molecule has 2 aromatic rings. The summed E-state index contributed by atoms with van der Waals surface area (Å²) in [6, 6.07) is 13.7. The topological polar surface area (TPSA) is 45.0 Å².